The summed E-state index contributed by atoms with van der Waals surface area (Å²) in [5.74, 6) is -0.957. The lowest BCUT2D eigenvalue weighted by Gasteiger charge is -2.25. The highest BCUT2D eigenvalue weighted by Gasteiger charge is 2.33. The first-order valence-corrected chi connectivity index (χ1v) is 4.41. The average Bonchev–Trinajstić information content (AvgIpc) is 2.32. The van der Waals surface area contributed by atoms with E-state index in [9.17, 15) is 19.8 Å². The zero-order valence-corrected chi connectivity index (χ0v) is 8.39. The SMILES string of the molecule is C=CC(=O)O[C@H](C=O)[C@H](O)[C@@H](O)[C@H](O)CO. The molecule has 4 N–H and O–H groups in total. The molecule has 0 saturated carbocycles. The predicted octanol–water partition coefficient (Wildman–Crippen LogP) is -2.64. The van der Waals surface area contributed by atoms with Gasteiger partial charge in [0.1, 0.15) is 18.3 Å². The quantitative estimate of drug-likeness (QED) is 0.215. The molecule has 7 heteroatoms. The van der Waals surface area contributed by atoms with Crippen LogP contribution in [0.5, 0.6) is 0 Å². The Hall–Kier alpha value is -1.28. The van der Waals surface area contributed by atoms with Crippen molar-refractivity contribution >= 4 is 12.3 Å². The smallest absolute Gasteiger partial charge is 0.330 e. The zero-order valence-electron chi connectivity index (χ0n) is 8.39. The third kappa shape index (κ3) is 4.07. The van der Waals surface area contributed by atoms with Crippen molar-refractivity contribution in [1.29, 1.82) is 0 Å². The summed E-state index contributed by atoms with van der Waals surface area (Å²) in [7, 11) is 0. The normalized spacial score (nSPS) is 18.0. The van der Waals surface area contributed by atoms with Crippen LogP contribution in [0.1, 0.15) is 0 Å². The Morgan fingerprint density at radius 2 is 1.88 bits per heavy atom. The second-order valence-electron chi connectivity index (χ2n) is 2.97. The summed E-state index contributed by atoms with van der Waals surface area (Å²) in [6, 6.07) is 0. The topological polar surface area (TPSA) is 124 Å². The van der Waals surface area contributed by atoms with Crippen molar-refractivity contribution in [2.45, 2.75) is 24.4 Å². The van der Waals surface area contributed by atoms with E-state index >= 15 is 0 Å². The van der Waals surface area contributed by atoms with Crippen LogP contribution in [0.3, 0.4) is 0 Å². The lowest BCUT2D eigenvalue weighted by molar-refractivity contribution is -0.163. The molecular weight excluding hydrogens is 220 g/mol. The molecule has 92 valence electrons. The maximum absolute atomic E-state index is 10.7. The molecule has 0 spiro atoms. The van der Waals surface area contributed by atoms with E-state index in [4.69, 9.17) is 10.2 Å². The van der Waals surface area contributed by atoms with Crippen LogP contribution in [0.15, 0.2) is 12.7 Å². The molecule has 0 amide bonds. The van der Waals surface area contributed by atoms with Crippen molar-refractivity contribution in [3.8, 4) is 0 Å². The first-order chi connectivity index (χ1) is 7.47. The van der Waals surface area contributed by atoms with Crippen LogP contribution < -0.4 is 0 Å². The Bertz CT molecular complexity index is 252. The highest BCUT2D eigenvalue weighted by molar-refractivity contribution is 5.82. The summed E-state index contributed by atoms with van der Waals surface area (Å²) in [6.45, 7) is 2.27. The number of aldehydes is 1. The molecule has 0 aliphatic heterocycles. The van der Waals surface area contributed by atoms with Crippen LogP contribution in [0.25, 0.3) is 0 Å². The van der Waals surface area contributed by atoms with Gasteiger partial charge in [0, 0.05) is 6.08 Å². The van der Waals surface area contributed by atoms with Gasteiger partial charge in [-0.3, -0.25) is 4.79 Å². The third-order valence-electron chi connectivity index (χ3n) is 1.82. The van der Waals surface area contributed by atoms with Gasteiger partial charge in [-0.15, -0.1) is 0 Å². The predicted molar refractivity (Wildman–Crippen MR) is 51.2 cm³/mol. The van der Waals surface area contributed by atoms with Crippen molar-refractivity contribution in [1.82, 2.24) is 0 Å². The third-order valence-corrected chi connectivity index (χ3v) is 1.82. The van der Waals surface area contributed by atoms with Crippen molar-refractivity contribution in [2.75, 3.05) is 6.61 Å². The molecule has 0 aromatic rings. The van der Waals surface area contributed by atoms with E-state index in [0.717, 1.165) is 6.08 Å². The summed E-state index contributed by atoms with van der Waals surface area (Å²) in [5.41, 5.74) is 0. The zero-order chi connectivity index (χ0) is 12.7. The molecule has 0 saturated heterocycles. The van der Waals surface area contributed by atoms with Gasteiger partial charge in [0.15, 0.2) is 12.4 Å². The molecule has 0 rings (SSSR count). The van der Waals surface area contributed by atoms with Gasteiger partial charge in [-0.25, -0.2) is 4.79 Å². The van der Waals surface area contributed by atoms with E-state index in [1.165, 1.54) is 0 Å². The first-order valence-electron chi connectivity index (χ1n) is 4.41. The Morgan fingerprint density at radius 3 is 2.25 bits per heavy atom. The van der Waals surface area contributed by atoms with E-state index in [1.807, 2.05) is 0 Å². The first kappa shape index (κ1) is 14.7. The largest absolute Gasteiger partial charge is 0.449 e. The second kappa shape index (κ2) is 7.07. The van der Waals surface area contributed by atoms with Gasteiger partial charge >= 0.3 is 5.97 Å². The van der Waals surface area contributed by atoms with Gasteiger partial charge in [-0.05, 0) is 0 Å². The maximum atomic E-state index is 10.7. The lowest BCUT2D eigenvalue weighted by atomic mass is 10.0. The fourth-order valence-electron chi connectivity index (χ4n) is 0.890. The molecule has 0 unspecified atom stereocenters. The highest BCUT2D eigenvalue weighted by Crippen LogP contribution is 2.07. The molecule has 0 radical (unpaired) electrons. The van der Waals surface area contributed by atoms with Crippen molar-refractivity contribution < 1.29 is 34.8 Å². The molecule has 0 aromatic heterocycles. The Morgan fingerprint density at radius 1 is 1.31 bits per heavy atom. The number of hydrogen-bond acceptors (Lipinski definition) is 7. The molecule has 0 heterocycles. The van der Waals surface area contributed by atoms with Crippen molar-refractivity contribution in [3.05, 3.63) is 12.7 Å². The van der Waals surface area contributed by atoms with Gasteiger partial charge in [-0.2, -0.15) is 0 Å². The number of aliphatic hydroxyl groups is 4. The number of hydrogen-bond donors (Lipinski definition) is 4. The van der Waals surface area contributed by atoms with Gasteiger partial charge < -0.3 is 25.2 Å². The molecule has 0 aliphatic carbocycles. The van der Waals surface area contributed by atoms with Gasteiger partial charge in [0.25, 0.3) is 0 Å². The maximum Gasteiger partial charge on any atom is 0.330 e. The van der Waals surface area contributed by atoms with Crippen LogP contribution in [-0.4, -0.2) is 63.7 Å². The van der Waals surface area contributed by atoms with E-state index < -0.39 is 37.0 Å². The lowest BCUT2D eigenvalue weighted by Crippen LogP contribution is -2.47. The van der Waals surface area contributed by atoms with Crippen molar-refractivity contribution in [3.63, 3.8) is 0 Å². The Balaban J connectivity index is 4.51. The Labute approximate surface area is 91.6 Å². The van der Waals surface area contributed by atoms with Gasteiger partial charge in [0.2, 0.25) is 0 Å². The molecule has 4 atom stereocenters. The minimum atomic E-state index is -1.83. The number of esters is 1. The molecule has 0 aliphatic rings. The fraction of sp³-hybridized carbons (Fsp3) is 0.556. The minimum absolute atomic E-state index is 0.0966. The van der Waals surface area contributed by atoms with E-state index in [0.29, 0.717) is 0 Å². The standard InChI is InChI=1S/C9H14O7/c1-2-7(13)16-6(4-11)9(15)8(14)5(12)3-10/h2,4-6,8-10,12,14-15H,1,3H2/t5-,6-,8+,9+/m1/s1. The summed E-state index contributed by atoms with van der Waals surface area (Å²) in [5, 5.41) is 36.1. The number of aliphatic hydroxyl groups excluding tert-OH is 4. The summed E-state index contributed by atoms with van der Waals surface area (Å²) < 4.78 is 4.40. The van der Waals surface area contributed by atoms with E-state index in [1.54, 1.807) is 0 Å². The molecule has 7 nitrogen and oxygen atoms in total. The average molecular weight is 234 g/mol. The molecular formula is C9H14O7. The summed E-state index contributed by atoms with van der Waals surface area (Å²) >= 11 is 0. The van der Waals surface area contributed by atoms with Crippen LogP contribution in [0, 0.1) is 0 Å². The fourth-order valence-corrected chi connectivity index (χ4v) is 0.890. The minimum Gasteiger partial charge on any atom is -0.449 e. The highest BCUT2D eigenvalue weighted by atomic mass is 16.6. The van der Waals surface area contributed by atoms with Crippen LogP contribution in [0.2, 0.25) is 0 Å². The van der Waals surface area contributed by atoms with Crippen LogP contribution in [-0.2, 0) is 14.3 Å². The molecule has 16 heavy (non-hydrogen) atoms. The number of rotatable bonds is 7. The Kier molecular flexibility index (Phi) is 6.50. The molecule has 0 bridgehead atoms. The summed E-state index contributed by atoms with van der Waals surface area (Å²) in [4.78, 5) is 21.2. The van der Waals surface area contributed by atoms with E-state index in [-0.39, 0.29) is 6.29 Å². The molecule has 0 aromatic carbocycles. The summed E-state index contributed by atoms with van der Waals surface area (Å²) in [6.07, 6.45) is -6.04. The monoisotopic (exact) mass is 234 g/mol. The second-order valence-corrected chi connectivity index (χ2v) is 2.97. The van der Waals surface area contributed by atoms with E-state index in [2.05, 4.69) is 11.3 Å². The molecule has 0 fully saturated rings. The van der Waals surface area contributed by atoms with Gasteiger partial charge in [-0.1, -0.05) is 6.58 Å². The van der Waals surface area contributed by atoms with Crippen LogP contribution >= 0.6 is 0 Å². The number of ether oxygens (including phenoxy) is 1. The number of carbonyl (C=O) groups excluding carboxylic acids is 2. The van der Waals surface area contributed by atoms with Gasteiger partial charge in [0.05, 0.1) is 6.61 Å². The number of carbonyl (C=O) groups is 2. The van der Waals surface area contributed by atoms with Crippen molar-refractivity contribution in [2.24, 2.45) is 0 Å². The van der Waals surface area contributed by atoms with Crippen LogP contribution in [0.4, 0.5) is 0 Å².